The van der Waals surface area contributed by atoms with E-state index in [4.69, 9.17) is 5.26 Å². The van der Waals surface area contributed by atoms with Crippen LogP contribution in [-0.4, -0.2) is 39.9 Å². The van der Waals surface area contributed by atoms with E-state index >= 15 is 0 Å². The summed E-state index contributed by atoms with van der Waals surface area (Å²) >= 11 is 0. The maximum absolute atomic E-state index is 12.1. The lowest BCUT2D eigenvalue weighted by Crippen LogP contribution is -2.46. The molecule has 0 radical (unpaired) electrons. The second-order valence-electron chi connectivity index (χ2n) is 7.98. The average molecular weight is 361 g/mol. The standard InChI is InChI=1S/C21H23N5O/c22-12-13-9-16(10-13)26-7-4-14(5-8-26)18-11-19(25-21(27)15-1-2-15)24-20-17(18)3-6-23-20/h3-4,6,11,13,15-16H,1-2,5,7-10H2,(H2,23,24,25,27). The van der Waals surface area contributed by atoms with Crippen LogP contribution in [0.15, 0.2) is 24.4 Å². The van der Waals surface area contributed by atoms with Crippen molar-refractivity contribution in [3.8, 4) is 6.07 Å². The van der Waals surface area contributed by atoms with E-state index in [2.05, 4.69) is 38.4 Å². The summed E-state index contributed by atoms with van der Waals surface area (Å²) in [5.41, 5.74) is 3.30. The van der Waals surface area contributed by atoms with E-state index in [1.807, 2.05) is 12.3 Å². The minimum absolute atomic E-state index is 0.0835. The molecule has 5 rings (SSSR count). The molecular formula is C21H23N5O. The molecule has 2 saturated carbocycles. The lowest BCUT2D eigenvalue weighted by Gasteiger charge is -2.41. The molecular weight excluding hydrogens is 338 g/mol. The van der Waals surface area contributed by atoms with E-state index in [1.165, 1.54) is 5.57 Å². The number of nitrogens with one attached hydrogen (secondary N) is 2. The fraction of sp³-hybridized carbons (Fsp3) is 0.476. The number of aromatic nitrogens is 2. The number of nitriles is 1. The predicted octanol–water partition coefficient (Wildman–Crippen LogP) is 3.30. The van der Waals surface area contributed by atoms with Gasteiger partial charge in [0.15, 0.2) is 0 Å². The number of pyridine rings is 1. The molecule has 2 aromatic heterocycles. The van der Waals surface area contributed by atoms with Crippen LogP contribution in [-0.2, 0) is 4.79 Å². The quantitative estimate of drug-likeness (QED) is 0.875. The number of hydrogen-bond donors (Lipinski definition) is 2. The Balaban J connectivity index is 1.37. The Kier molecular flexibility index (Phi) is 3.98. The first-order valence-electron chi connectivity index (χ1n) is 9.83. The molecule has 6 heteroatoms. The molecule has 0 bridgehead atoms. The molecule has 0 atom stereocenters. The summed E-state index contributed by atoms with van der Waals surface area (Å²) in [7, 11) is 0. The van der Waals surface area contributed by atoms with Crippen molar-refractivity contribution in [2.24, 2.45) is 11.8 Å². The second-order valence-corrected chi connectivity index (χ2v) is 7.98. The second kappa shape index (κ2) is 6.50. The third kappa shape index (κ3) is 3.13. The third-order valence-electron chi connectivity index (χ3n) is 6.13. The van der Waals surface area contributed by atoms with E-state index in [9.17, 15) is 4.79 Å². The number of aromatic amines is 1. The van der Waals surface area contributed by atoms with Crippen LogP contribution >= 0.6 is 0 Å². The summed E-state index contributed by atoms with van der Waals surface area (Å²) in [6.07, 6.45) is 9.17. The predicted molar refractivity (Wildman–Crippen MR) is 104 cm³/mol. The van der Waals surface area contributed by atoms with Gasteiger partial charge in [-0.2, -0.15) is 5.26 Å². The molecule has 3 aliphatic rings. The number of rotatable bonds is 4. The van der Waals surface area contributed by atoms with Crippen molar-refractivity contribution < 1.29 is 4.79 Å². The van der Waals surface area contributed by atoms with Crippen molar-refractivity contribution in [3.05, 3.63) is 30.0 Å². The summed E-state index contributed by atoms with van der Waals surface area (Å²) in [6, 6.07) is 7.01. The number of carbonyl (C=O) groups excluding carboxylic acids is 1. The highest BCUT2D eigenvalue weighted by Crippen LogP contribution is 2.36. The first-order chi connectivity index (χ1) is 13.2. The average Bonchev–Trinajstić information content (AvgIpc) is 3.39. The minimum Gasteiger partial charge on any atom is -0.346 e. The van der Waals surface area contributed by atoms with Crippen LogP contribution in [0.3, 0.4) is 0 Å². The smallest absolute Gasteiger partial charge is 0.228 e. The van der Waals surface area contributed by atoms with E-state index in [1.54, 1.807) is 0 Å². The van der Waals surface area contributed by atoms with Gasteiger partial charge in [-0.05, 0) is 55.4 Å². The fourth-order valence-corrected chi connectivity index (χ4v) is 4.19. The number of carbonyl (C=O) groups is 1. The van der Waals surface area contributed by atoms with Crippen molar-refractivity contribution in [1.82, 2.24) is 14.9 Å². The number of H-pyrrole nitrogens is 1. The van der Waals surface area contributed by atoms with Crippen molar-refractivity contribution in [2.45, 2.75) is 38.1 Å². The maximum atomic E-state index is 12.1. The Labute approximate surface area is 158 Å². The van der Waals surface area contributed by atoms with Gasteiger partial charge in [0.1, 0.15) is 11.5 Å². The molecule has 138 valence electrons. The van der Waals surface area contributed by atoms with Crippen LogP contribution in [0.5, 0.6) is 0 Å². The third-order valence-corrected chi connectivity index (χ3v) is 6.13. The Hall–Kier alpha value is -2.65. The molecule has 2 aliphatic carbocycles. The highest BCUT2D eigenvalue weighted by atomic mass is 16.2. The summed E-state index contributed by atoms with van der Waals surface area (Å²) in [4.78, 5) is 22.4. The number of nitrogens with zero attached hydrogens (tertiary/aromatic N) is 3. The number of anilines is 1. The SMILES string of the molecule is N#CC1CC(N2CC=C(c3cc(NC(=O)C4CC4)nc4[nH]ccc34)CC2)C1. The van der Waals surface area contributed by atoms with Crippen LogP contribution in [0.25, 0.3) is 16.6 Å². The molecule has 27 heavy (non-hydrogen) atoms. The van der Waals surface area contributed by atoms with Gasteiger partial charge in [-0.1, -0.05) is 6.08 Å². The summed E-state index contributed by atoms with van der Waals surface area (Å²) in [5, 5.41) is 13.1. The van der Waals surface area contributed by atoms with Gasteiger partial charge in [0.25, 0.3) is 0 Å². The Morgan fingerprint density at radius 1 is 1.37 bits per heavy atom. The van der Waals surface area contributed by atoms with Crippen molar-refractivity contribution in [3.63, 3.8) is 0 Å². The van der Waals surface area contributed by atoms with Crippen LogP contribution in [0.1, 0.15) is 37.7 Å². The lowest BCUT2D eigenvalue weighted by molar-refractivity contribution is -0.117. The molecule has 0 spiro atoms. The van der Waals surface area contributed by atoms with Gasteiger partial charge in [0, 0.05) is 42.6 Å². The minimum atomic E-state index is 0.0835. The van der Waals surface area contributed by atoms with Gasteiger partial charge in [0.05, 0.1) is 6.07 Å². The molecule has 1 aliphatic heterocycles. The molecule has 0 unspecified atom stereocenters. The Morgan fingerprint density at radius 2 is 2.22 bits per heavy atom. The highest BCUT2D eigenvalue weighted by molar-refractivity contribution is 5.97. The Morgan fingerprint density at radius 3 is 2.93 bits per heavy atom. The maximum Gasteiger partial charge on any atom is 0.228 e. The van der Waals surface area contributed by atoms with Crippen molar-refractivity contribution in [2.75, 3.05) is 18.4 Å². The van der Waals surface area contributed by atoms with Crippen molar-refractivity contribution >= 4 is 28.3 Å². The number of amides is 1. The Bertz CT molecular complexity index is 959. The highest BCUT2D eigenvalue weighted by Gasteiger charge is 2.34. The first-order valence-corrected chi connectivity index (χ1v) is 9.83. The molecule has 1 amide bonds. The van der Waals surface area contributed by atoms with E-state index in [-0.39, 0.29) is 17.7 Å². The van der Waals surface area contributed by atoms with Crippen molar-refractivity contribution in [1.29, 1.82) is 5.26 Å². The number of hydrogen-bond acceptors (Lipinski definition) is 4. The summed E-state index contributed by atoms with van der Waals surface area (Å²) < 4.78 is 0. The molecule has 6 nitrogen and oxygen atoms in total. The van der Waals surface area contributed by atoms with Gasteiger partial charge in [-0.15, -0.1) is 0 Å². The van der Waals surface area contributed by atoms with Crippen LogP contribution < -0.4 is 5.32 Å². The topological polar surface area (TPSA) is 84.8 Å². The van der Waals surface area contributed by atoms with Gasteiger partial charge in [0.2, 0.25) is 5.91 Å². The summed E-state index contributed by atoms with van der Waals surface area (Å²) in [5.74, 6) is 1.13. The monoisotopic (exact) mass is 361 g/mol. The zero-order valence-corrected chi connectivity index (χ0v) is 15.2. The molecule has 2 aromatic rings. The van der Waals surface area contributed by atoms with Crippen LogP contribution in [0.4, 0.5) is 5.82 Å². The normalized spacial score (nSPS) is 25.5. The number of fused-ring (bicyclic) bond motifs is 1. The van der Waals surface area contributed by atoms with E-state index in [0.29, 0.717) is 11.9 Å². The zero-order chi connectivity index (χ0) is 18.4. The lowest BCUT2D eigenvalue weighted by atomic mass is 9.79. The molecule has 0 saturated heterocycles. The van der Waals surface area contributed by atoms with Crippen LogP contribution in [0.2, 0.25) is 0 Å². The first kappa shape index (κ1) is 16.5. The molecule has 2 N–H and O–H groups in total. The van der Waals surface area contributed by atoms with Gasteiger partial charge in [-0.3, -0.25) is 9.69 Å². The molecule has 2 fully saturated rings. The van der Waals surface area contributed by atoms with E-state index in [0.717, 1.165) is 61.8 Å². The van der Waals surface area contributed by atoms with Gasteiger partial charge >= 0.3 is 0 Å². The summed E-state index contributed by atoms with van der Waals surface area (Å²) in [6.45, 7) is 1.95. The zero-order valence-electron chi connectivity index (χ0n) is 15.2. The van der Waals surface area contributed by atoms with Crippen LogP contribution in [0, 0.1) is 23.2 Å². The van der Waals surface area contributed by atoms with E-state index < -0.39 is 0 Å². The largest absolute Gasteiger partial charge is 0.346 e. The van der Waals surface area contributed by atoms with Gasteiger partial charge < -0.3 is 10.3 Å². The molecule has 0 aromatic carbocycles. The molecule has 3 heterocycles. The fourth-order valence-electron chi connectivity index (χ4n) is 4.19. The van der Waals surface area contributed by atoms with Gasteiger partial charge in [-0.25, -0.2) is 4.98 Å².